The topological polar surface area (TPSA) is 38.0 Å². The summed E-state index contributed by atoms with van der Waals surface area (Å²) < 4.78 is 11.8. The zero-order valence-electron chi connectivity index (χ0n) is 7.41. The Labute approximate surface area is 72.7 Å². The number of hydrazine groups is 1. The summed E-state index contributed by atoms with van der Waals surface area (Å²) >= 11 is 0. The van der Waals surface area contributed by atoms with Crippen LogP contribution < -0.4 is 11.3 Å². The van der Waals surface area contributed by atoms with Crippen molar-refractivity contribution in [3.8, 4) is 0 Å². The van der Waals surface area contributed by atoms with Crippen LogP contribution in [-0.4, -0.2) is 12.2 Å². The van der Waals surface area contributed by atoms with Gasteiger partial charge in [0.05, 0.1) is 6.67 Å². The Morgan fingerprint density at radius 3 is 2.42 bits per heavy atom. The first-order chi connectivity index (χ1) is 5.74. The molecule has 70 valence electrons. The summed E-state index contributed by atoms with van der Waals surface area (Å²) in [5.74, 6) is 5.41. The number of hydrogen-bond acceptors (Lipinski definition) is 2. The van der Waals surface area contributed by atoms with Crippen molar-refractivity contribution in [2.24, 2.45) is 11.3 Å². The zero-order valence-corrected chi connectivity index (χ0v) is 7.41. The normalized spacial score (nSPS) is 43.5. The van der Waals surface area contributed by atoms with Crippen molar-refractivity contribution in [3.05, 3.63) is 0 Å². The Balaban J connectivity index is 1.67. The minimum atomic E-state index is -0.156. The second kappa shape index (κ2) is 2.67. The molecule has 0 heterocycles. The molecule has 0 radical (unpaired) electrons. The highest BCUT2D eigenvalue weighted by Crippen LogP contribution is 2.68. The van der Waals surface area contributed by atoms with Gasteiger partial charge < -0.3 is 0 Å². The Morgan fingerprint density at radius 1 is 1.25 bits per heavy atom. The van der Waals surface area contributed by atoms with Crippen molar-refractivity contribution in [1.29, 1.82) is 0 Å². The van der Waals surface area contributed by atoms with E-state index in [0.717, 1.165) is 12.8 Å². The molecule has 2 bridgehead atoms. The maximum absolute atomic E-state index is 11.8. The molecule has 0 aromatic heterocycles. The Kier molecular flexibility index (Phi) is 1.88. The molecule has 3 heteroatoms. The van der Waals surface area contributed by atoms with E-state index in [2.05, 4.69) is 5.43 Å². The van der Waals surface area contributed by atoms with E-state index in [4.69, 9.17) is 5.84 Å². The maximum atomic E-state index is 11.8. The summed E-state index contributed by atoms with van der Waals surface area (Å²) in [4.78, 5) is 0. The van der Waals surface area contributed by atoms with Gasteiger partial charge in [0.1, 0.15) is 0 Å². The van der Waals surface area contributed by atoms with E-state index in [0.29, 0.717) is 11.0 Å². The summed E-state index contributed by atoms with van der Waals surface area (Å²) in [6.45, 7) is -0.156. The fraction of sp³-hybridized carbons (Fsp3) is 1.00. The van der Waals surface area contributed by atoms with Crippen LogP contribution in [0.25, 0.3) is 0 Å². The van der Waals surface area contributed by atoms with Crippen LogP contribution in [0.15, 0.2) is 0 Å². The lowest BCUT2D eigenvalue weighted by atomic mass is 9.38. The zero-order chi connectivity index (χ0) is 8.66. The average Bonchev–Trinajstić information content (AvgIpc) is 1.92. The van der Waals surface area contributed by atoms with Crippen molar-refractivity contribution >= 4 is 0 Å². The Bertz CT molecular complexity index is 162. The lowest BCUT2D eigenvalue weighted by Gasteiger charge is -2.70. The molecule has 3 fully saturated rings. The van der Waals surface area contributed by atoms with Gasteiger partial charge in [0.25, 0.3) is 0 Å². The third-order valence-corrected chi connectivity index (χ3v) is 3.54. The molecule has 0 aromatic carbocycles. The van der Waals surface area contributed by atoms with Crippen molar-refractivity contribution in [1.82, 2.24) is 5.43 Å². The molecule has 0 atom stereocenters. The molecule has 0 spiro atoms. The predicted molar refractivity (Wildman–Crippen MR) is 46.2 cm³/mol. The minimum absolute atomic E-state index is 0.156. The summed E-state index contributed by atoms with van der Waals surface area (Å²) in [7, 11) is 0. The number of nitrogens with one attached hydrogen (secondary N) is 1. The quantitative estimate of drug-likeness (QED) is 0.375. The van der Waals surface area contributed by atoms with Gasteiger partial charge in [0.15, 0.2) is 0 Å². The van der Waals surface area contributed by atoms with Gasteiger partial charge in [-0.25, -0.2) is 0 Å². The highest BCUT2D eigenvalue weighted by atomic mass is 19.1. The van der Waals surface area contributed by atoms with E-state index >= 15 is 0 Å². The van der Waals surface area contributed by atoms with Crippen LogP contribution in [0.4, 0.5) is 4.39 Å². The summed E-state index contributed by atoms with van der Waals surface area (Å²) in [6.07, 6.45) is 6.68. The summed E-state index contributed by atoms with van der Waals surface area (Å²) in [5.41, 5.74) is 3.76. The van der Waals surface area contributed by atoms with Crippen molar-refractivity contribution < 1.29 is 4.39 Å². The molecular weight excluding hydrogens is 155 g/mol. The van der Waals surface area contributed by atoms with E-state index in [-0.39, 0.29) is 6.67 Å². The Hall–Kier alpha value is -0.150. The van der Waals surface area contributed by atoms with Gasteiger partial charge in [0, 0.05) is 5.54 Å². The van der Waals surface area contributed by atoms with Gasteiger partial charge in [0.2, 0.25) is 0 Å². The third-order valence-electron chi connectivity index (χ3n) is 3.54. The number of nitrogens with two attached hydrogens (primary N) is 1. The second-order valence-electron chi connectivity index (χ2n) is 4.60. The standard InChI is InChI=1S/C9H17FN2/c10-4-2-1-3-8-5-9(6-8,7-8)12-11/h12H,1-7,11H2. The van der Waals surface area contributed by atoms with Gasteiger partial charge in [-0.2, -0.15) is 0 Å². The average molecular weight is 172 g/mol. The van der Waals surface area contributed by atoms with E-state index in [9.17, 15) is 4.39 Å². The molecule has 3 saturated carbocycles. The predicted octanol–water partition coefficient (Wildman–Crippen LogP) is 1.51. The SMILES string of the molecule is NNC12CC(CCCCF)(C1)C2. The van der Waals surface area contributed by atoms with Gasteiger partial charge in [-0.15, -0.1) is 0 Å². The largest absolute Gasteiger partial charge is 0.271 e. The van der Waals surface area contributed by atoms with E-state index in [1.165, 1.54) is 25.7 Å². The van der Waals surface area contributed by atoms with Crippen molar-refractivity contribution in [3.63, 3.8) is 0 Å². The van der Waals surface area contributed by atoms with E-state index < -0.39 is 0 Å². The van der Waals surface area contributed by atoms with E-state index in [1.807, 2.05) is 0 Å². The fourth-order valence-electron chi connectivity index (χ4n) is 3.01. The van der Waals surface area contributed by atoms with Crippen LogP contribution in [0.3, 0.4) is 0 Å². The lowest BCUT2D eigenvalue weighted by molar-refractivity contribution is -0.160. The van der Waals surface area contributed by atoms with Crippen molar-refractivity contribution in [2.45, 2.75) is 44.1 Å². The van der Waals surface area contributed by atoms with Crippen LogP contribution in [0.1, 0.15) is 38.5 Å². The molecule has 0 aliphatic heterocycles. The molecule has 3 rings (SSSR count). The van der Waals surface area contributed by atoms with Crippen molar-refractivity contribution in [2.75, 3.05) is 6.67 Å². The number of hydrogen-bond donors (Lipinski definition) is 2. The minimum Gasteiger partial charge on any atom is -0.271 e. The van der Waals surface area contributed by atoms with Crippen LogP contribution in [-0.2, 0) is 0 Å². The molecular formula is C9H17FN2. The van der Waals surface area contributed by atoms with Gasteiger partial charge in [-0.1, -0.05) is 6.42 Å². The number of alkyl halides is 1. The van der Waals surface area contributed by atoms with Gasteiger partial charge in [-0.05, 0) is 37.5 Å². The molecule has 0 aromatic rings. The molecule has 0 amide bonds. The van der Waals surface area contributed by atoms with Gasteiger partial charge >= 0.3 is 0 Å². The summed E-state index contributed by atoms with van der Waals surface area (Å²) in [5, 5.41) is 0. The summed E-state index contributed by atoms with van der Waals surface area (Å²) in [6, 6.07) is 0. The van der Waals surface area contributed by atoms with Crippen LogP contribution >= 0.6 is 0 Å². The van der Waals surface area contributed by atoms with Gasteiger partial charge in [-0.3, -0.25) is 15.7 Å². The molecule has 3 aliphatic carbocycles. The lowest BCUT2D eigenvalue weighted by Crippen LogP contribution is -2.75. The molecule has 2 nitrogen and oxygen atoms in total. The first-order valence-electron chi connectivity index (χ1n) is 4.78. The molecule has 0 unspecified atom stereocenters. The highest BCUT2D eigenvalue weighted by molar-refractivity contribution is 5.21. The molecule has 0 saturated heterocycles. The van der Waals surface area contributed by atoms with Crippen LogP contribution in [0, 0.1) is 5.41 Å². The Morgan fingerprint density at radius 2 is 1.92 bits per heavy atom. The molecule has 3 N–H and O–H groups in total. The first-order valence-corrected chi connectivity index (χ1v) is 4.78. The molecule has 3 aliphatic rings. The first kappa shape index (κ1) is 8.45. The monoisotopic (exact) mass is 172 g/mol. The van der Waals surface area contributed by atoms with E-state index in [1.54, 1.807) is 0 Å². The maximum Gasteiger partial charge on any atom is 0.0894 e. The number of rotatable bonds is 5. The highest BCUT2D eigenvalue weighted by Gasteiger charge is 2.66. The fourth-order valence-corrected chi connectivity index (χ4v) is 3.01. The van der Waals surface area contributed by atoms with Crippen LogP contribution in [0.2, 0.25) is 0 Å². The third kappa shape index (κ3) is 1.07. The van der Waals surface area contributed by atoms with Crippen LogP contribution in [0.5, 0.6) is 0 Å². The molecule has 12 heavy (non-hydrogen) atoms. The number of halogens is 1. The number of unbranched alkanes of at least 4 members (excludes halogenated alkanes) is 1. The smallest absolute Gasteiger partial charge is 0.0894 e. The second-order valence-corrected chi connectivity index (χ2v) is 4.60.